The summed E-state index contributed by atoms with van der Waals surface area (Å²) in [4.78, 5) is 20.3. The van der Waals surface area contributed by atoms with E-state index < -0.39 is 0 Å². The average molecular weight is 586 g/mol. The molecule has 0 aliphatic carbocycles. The van der Waals surface area contributed by atoms with Crippen LogP contribution in [-0.4, -0.2) is 74.4 Å². The Kier molecular flexibility index (Phi) is 9.59. The Labute approximate surface area is 249 Å². The number of carbonyl (C=O) groups excluding carboxylic acids is 1. The van der Waals surface area contributed by atoms with E-state index in [1.165, 1.54) is 12.1 Å². The van der Waals surface area contributed by atoms with Gasteiger partial charge in [0, 0.05) is 35.8 Å². The Morgan fingerprint density at radius 1 is 0.930 bits per heavy atom. The molecule has 5 aromatic rings. The highest BCUT2D eigenvalue weighted by molar-refractivity contribution is 6.07. The molecule has 12 heteroatoms. The predicted molar refractivity (Wildman–Crippen MR) is 164 cm³/mol. The van der Waals surface area contributed by atoms with Crippen molar-refractivity contribution in [2.45, 2.75) is 12.8 Å². The number of methoxy groups -OCH3 is 1. The highest BCUT2D eigenvalue weighted by Crippen LogP contribution is 2.22. The molecule has 5 rings (SSSR count). The maximum Gasteiger partial charge on any atom is 0.460 e. The van der Waals surface area contributed by atoms with Crippen LogP contribution in [0, 0.1) is 10.4 Å². The molecule has 0 aliphatic rings. The Balaban J connectivity index is 1.06. The van der Waals surface area contributed by atoms with Gasteiger partial charge < -0.3 is 30.1 Å². The van der Waals surface area contributed by atoms with E-state index in [0.29, 0.717) is 52.7 Å². The molecule has 0 aliphatic heterocycles. The number of carbonyl (C=O) groups is 1. The Morgan fingerprint density at radius 2 is 1.72 bits per heavy atom. The molecular formula is C31H35N7O5. The van der Waals surface area contributed by atoms with E-state index >= 15 is 0 Å². The quantitative estimate of drug-likeness (QED) is 0.0871. The number of pyridine rings is 1. The molecule has 224 valence electrons. The summed E-state index contributed by atoms with van der Waals surface area (Å²) in [6, 6.07) is 20.2. The smallest absolute Gasteiger partial charge is 0.460 e. The Morgan fingerprint density at radius 3 is 2.56 bits per heavy atom. The van der Waals surface area contributed by atoms with Gasteiger partial charge in [0.15, 0.2) is 5.52 Å². The van der Waals surface area contributed by atoms with Crippen LogP contribution in [0.15, 0.2) is 66.7 Å². The van der Waals surface area contributed by atoms with E-state index in [-0.39, 0.29) is 22.9 Å². The predicted octanol–water partition coefficient (Wildman–Crippen LogP) is 2.78. The van der Waals surface area contributed by atoms with Crippen LogP contribution in [0.3, 0.4) is 0 Å². The lowest BCUT2D eigenvalue weighted by atomic mass is 10.1. The highest BCUT2D eigenvalue weighted by atomic mass is 16.5. The van der Waals surface area contributed by atoms with Gasteiger partial charge in [-0.25, -0.2) is 9.71 Å². The number of rotatable bonds is 14. The van der Waals surface area contributed by atoms with Crippen LogP contribution in [0.2, 0.25) is 0 Å². The molecule has 43 heavy (non-hydrogen) atoms. The van der Waals surface area contributed by atoms with Crippen molar-refractivity contribution >= 4 is 44.7 Å². The minimum Gasteiger partial charge on any atom is -0.739 e. The Bertz CT molecular complexity index is 1730. The number of fused-ring (bicyclic) bond motifs is 3. The van der Waals surface area contributed by atoms with Crippen molar-refractivity contribution in [1.82, 2.24) is 20.3 Å². The molecule has 3 aromatic carbocycles. The van der Waals surface area contributed by atoms with E-state index in [1.807, 2.05) is 43.4 Å². The van der Waals surface area contributed by atoms with Gasteiger partial charge in [-0.2, -0.15) is 0 Å². The van der Waals surface area contributed by atoms with Crippen molar-refractivity contribution in [2.24, 2.45) is 0 Å². The summed E-state index contributed by atoms with van der Waals surface area (Å²) in [5.41, 5.74) is 2.43. The van der Waals surface area contributed by atoms with Crippen LogP contribution in [-0.2, 0) is 4.74 Å². The lowest BCUT2D eigenvalue weighted by Gasteiger charge is -2.16. The third kappa shape index (κ3) is 7.16. The van der Waals surface area contributed by atoms with Gasteiger partial charge in [-0.05, 0) is 56.8 Å². The number of nitrogens with zero attached hydrogens (tertiary/aromatic N) is 5. The van der Waals surface area contributed by atoms with Crippen molar-refractivity contribution in [2.75, 3.05) is 58.9 Å². The van der Waals surface area contributed by atoms with Crippen molar-refractivity contribution in [3.8, 4) is 5.75 Å². The average Bonchev–Trinajstić information content (AvgIpc) is 3.02. The lowest BCUT2D eigenvalue weighted by Crippen LogP contribution is -2.44. The molecule has 0 radical (unpaired) electrons. The van der Waals surface area contributed by atoms with Gasteiger partial charge >= 0.3 is 11.5 Å². The normalized spacial score (nSPS) is 11.4. The fraction of sp³-hybridized carbons (Fsp3) is 0.323. The topological polar surface area (TPSA) is 142 Å². The van der Waals surface area contributed by atoms with Crippen molar-refractivity contribution in [1.29, 1.82) is 0 Å². The summed E-state index contributed by atoms with van der Waals surface area (Å²) in [5, 5.41) is 37.0. The molecule has 2 aromatic heterocycles. The van der Waals surface area contributed by atoms with Crippen LogP contribution < -0.4 is 24.9 Å². The van der Waals surface area contributed by atoms with Crippen molar-refractivity contribution in [3.05, 3.63) is 82.7 Å². The zero-order valence-electron chi connectivity index (χ0n) is 24.3. The van der Waals surface area contributed by atoms with Gasteiger partial charge in [0.05, 0.1) is 35.8 Å². The summed E-state index contributed by atoms with van der Waals surface area (Å²) in [6.45, 7) is 3.27. The first-order valence-electron chi connectivity index (χ1n) is 14.2. The number of aromatic nitrogens is 4. The SMILES string of the molecule is COCCOc1ccc2c(c1)[n+]([O-])nc(NCCCN(C)CCCNC(=O)c1cccc3cc4ccccc4nc13)[n+]2[O-]. The summed E-state index contributed by atoms with van der Waals surface area (Å²) < 4.78 is 11.1. The van der Waals surface area contributed by atoms with Crippen molar-refractivity contribution in [3.63, 3.8) is 0 Å². The lowest BCUT2D eigenvalue weighted by molar-refractivity contribution is -0.672. The number of nitrogens with one attached hydrogen (secondary N) is 2. The summed E-state index contributed by atoms with van der Waals surface area (Å²) in [6.07, 6.45) is 1.50. The fourth-order valence-corrected chi connectivity index (χ4v) is 4.85. The number of hydrogen-bond acceptors (Lipinski definition) is 9. The summed E-state index contributed by atoms with van der Waals surface area (Å²) in [7, 11) is 3.57. The number of ether oxygens (including phenoxy) is 2. The molecule has 0 saturated carbocycles. The second kappa shape index (κ2) is 13.9. The number of benzene rings is 3. The molecule has 2 N–H and O–H groups in total. The number of hydrogen-bond donors (Lipinski definition) is 2. The van der Waals surface area contributed by atoms with Gasteiger partial charge in [0.2, 0.25) is 5.10 Å². The fourth-order valence-electron chi connectivity index (χ4n) is 4.85. The van der Waals surface area contributed by atoms with Gasteiger partial charge in [-0.15, -0.1) is 0 Å². The maximum atomic E-state index is 12.9. The molecule has 1 amide bonds. The highest BCUT2D eigenvalue weighted by Gasteiger charge is 2.21. The van der Waals surface area contributed by atoms with Gasteiger partial charge in [-0.3, -0.25) is 10.1 Å². The molecule has 0 bridgehead atoms. The first-order chi connectivity index (χ1) is 20.9. The third-order valence-corrected chi connectivity index (χ3v) is 7.10. The van der Waals surface area contributed by atoms with Crippen molar-refractivity contribution < 1.29 is 23.8 Å². The summed E-state index contributed by atoms with van der Waals surface area (Å²) >= 11 is 0. The second-order valence-corrected chi connectivity index (χ2v) is 10.2. The number of para-hydroxylation sites is 2. The molecule has 0 saturated heterocycles. The molecule has 0 atom stereocenters. The molecule has 2 heterocycles. The summed E-state index contributed by atoms with van der Waals surface area (Å²) in [5.74, 6) is 0.259. The van der Waals surface area contributed by atoms with Crippen LogP contribution >= 0.6 is 0 Å². The van der Waals surface area contributed by atoms with Crippen LogP contribution in [0.25, 0.3) is 32.8 Å². The van der Waals surface area contributed by atoms with Crippen LogP contribution in [0.4, 0.5) is 5.95 Å². The zero-order valence-corrected chi connectivity index (χ0v) is 24.3. The molecule has 12 nitrogen and oxygen atoms in total. The largest absolute Gasteiger partial charge is 0.739 e. The first-order valence-corrected chi connectivity index (χ1v) is 14.2. The molecular weight excluding hydrogens is 550 g/mol. The van der Waals surface area contributed by atoms with E-state index in [4.69, 9.17) is 14.5 Å². The maximum absolute atomic E-state index is 12.9. The number of anilines is 1. The minimum absolute atomic E-state index is 0.0585. The van der Waals surface area contributed by atoms with Gasteiger partial charge in [-0.1, -0.05) is 30.3 Å². The molecule has 0 fully saturated rings. The van der Waals surface area contributed by atoms with Gasteiger partial charge in [0.1, 0.15) is 12.4 Å². The standard InChI is InChI=1S/C31H35N7O5/c1-36(16-6-14-32-30(39)25-10-5-9-23-20-22-8-3-4-11-26(22)34-29(23)25)17-7-15-33-31-35-38(41)28-21-24(43-19-18-42-2)12-13-27(28)37(31)40/h3-5,8-13,20-21H,6-7,14-19H2,1-2H3,(H,32,39)(H,33,35). The number of amides is 1. The van der Waals surface area contributed by atoms with E-state index in [2.05, 4.69) is 26.7 Å². The van der Waals surface area contributed by atoms with Crippen LogP contribution in [0.5, 0.6) is 5.75 Å². The zero-order chi connectivity index (χ0) is 30.2. The molecule has 0 spiro atoms. The second-order valence-electron chi connectivity index (χ2n) is 10.2. The first kappa shape index (κ1) is 29.7. The third-order valence-electron chi connectivity index (χ3n) is 7.10. The Hall–Kier alpha value is -4.81. The minimum atomic E-state index is -0.139. The monoisotopic (exact) mass is 585 g/mol. The van der Waals surface area contributed by atoms with E-state index in [0.717, 1.165) is 42.2 Å². The van der Waals surface area contributed by atoms with Crippen LogP contribution in [0.1, 0.15) is 23.2 Å². The van der Waals surface area contributed by atoms with Gasteiger partial charge in [0.25, 0.3) is 5.91 Å². The van der Waals surface area contributed by atoms with E-state index in [1.54, 1.807) is 19.2 Å². The molecule has 0 unspecified atom stereocenters. The van der Waals surface area contributed by atoms with E-state index in [9.17, 15) is 15.2 Å².